The summed E-state index contributed by atoms with van der Waals surface area (Å²) in [5, 5.41) is 8.68. The number of hydrogen-bond donors (Lipinski definition) is 2. The minimum atomic E-state index is 0.478. The molecule has 9 heteroatoms. The molecule has 26 heavy (non-hydrogen) atoms. The van der Waals surface area contributed by atoms with Gasteiger partial charge in [-0.1, -0.05) is 23.2 Å². The normalized spacial score (nSPS) is 11.2. The number of fused-ring (bicyclic) bond motifs is 1. The predicted octanol–water partition coefficient (Wildman–Crippen LogP) is 3.48. The summed E-state index contributed by atoms with van der Waals surface area (Å²) in [6.45, 7) is 7.19. The first-order valence-corrected chi connectivity index (χ1v) is 9.02. The molecule has 3 rings (SSSR count). The number of anilines is 1. The molecule has 7 nitrogen and oxygen atoms in total. The van der Waals surface area contributed by atoms with Crippen LogP contribution < -0.4 is 15.8 Å². The van der Waals surface area contributed by atoms with Gasteiger partial charge in [0, 0.05) is 18.7 Å². The maximum absolute atomic E-state index is 6.52. The van der Waals surface area contributed by atoms with Gasteiger partial charge in [0.2, 0.25) is 5.95 Å². The lowest BCUT2D eigenvalue weighted by atomic mass is 10.1. The largest absolute Gasteiger partial charge is 0.494 e. The van der Waals surface area contributed by atoms with Gasteiger partial charge in [-0.15, -0.1) is 0 Å². The third-order valence-electron chi connectivity index (χ3n) is 3.78. The molecule has 2 heterocycles. The van der Waals surface area contributed by atoms with Crippen LogP contribution in [0, 0.1) is 13.8 Å². The molecular weight excluding hydrogens is 375 g/mol. The highest BCUT2D eigenvalue weighted by Gasteiger charge is 2.21. The lowest BCUT2D eigenvalue weighted by Gasteiger charge is -2.11. The fourth-order valence-electron chi connectivity index (χ4n) is 2.77. The number of aromatic nitrogens is 4. The van der Waals surface area contributed by atoms with Crippen LogP contribution in [0.4, 0.5) is 5.95 Å². The van der Waals surface area contributed by atoms with Gasteiger partial charge in [-0.2, -0.15) is 14.6 Å². The van der Waals surface area contributed by atoms with Gasteiger partial charge >= 0.3 is 0 Å². The van der Waals surface area contributed by atoms with Crippen LogP contribution in [0.25, 0.3) is 16.8 Å². The smallest absolute Gasteiger partial charge is 0.227 e. The van der Waals surface area contributed by atoms with Crippen LogP contribution in [0.2, 0.25) is 10.0 Å². The Kier molecular flexibility index (Phi) is 5.50. The second kappa shape index (κ2) is 7.65. The SMILES string of the molecule is CCOc1cc(Cl)c(-c2c(C)nn3c(NCCN)nc(C)nc23)c(Cl)c1. The van der Waals surface area contributed by atoms with Crippen LogP contribution in [-0.4, -0.2) is 39.3 Å². The number of ether oxygens (including phenoxy) is 1. The first kappa shape index (κ1) is 18.7. The van der Waals surface area contributed by atoms with Crippen molar-refractivity contribution in [1.82, 2.24) is 19.6 Å². The highest BCUT2D eigenvalue weighted by atomic mass is 35.5. The zero-order valence-electron chi connectivity index (χ0n) is 14.8. The Balaban J connectivity index is 2.23. The van der Waals surface area contributed by atoms with E-state index < -0.39 is 0 Å². The number of halogens is 2. The Morgan fingerprint density at radius 1 is 1.15 bits per heavy atom. The Hall–Kier alpha value is -2.09. The highest BCUT2D eigenvalue weighted by molar-refractivity contribution is 6.39. The monoisotopic (exact) mass is 394 g/mol. The molecule has 0 unspecified atom stereocenters. The molecule has 1 aromatic carbocycles. The minimum Gasteiger partial charge on any atom is -0.494 e. The fourth-order valence-corrected chi connectivity index (χ4v) is 3.43. The van der Waals surface area contributed by atoms with Gasteiger partial charge < -0.3 is 15.8 Å². The van der Waals surface area contributed by atoms with E-state index >= 15 is 0 Å². The van der Waals surface area contributed by atoms with E-state index in [0.717, 1.165) is 11.3 Å². The molecule has 3 aromatic rings. The summed E-state index contributed by atoms with van der Waals surface area (Å²) in [7, 11) is 0. The molecule has 0 aliphatic carbocycles. The van der Waals surface area contributed by atoms with E-state index in [1.807, 2.05) is 20.8 Å². The predicted molar refractivity (Wildman–Crippen MR) is 104 cm³/mol. The zero-order chi connectivity index (χ0) is 18.8. The molecule has 0 aliphatic rings. The van der Waals surface area contributed by atoms with Crippen molar-refractivity contribution in [3.63, 3.8) is 0 Å². The molecule has 0 atom stereocenters. The second-order valence-corrected chi connectivity index (χ2v) is 6.52. The highest BCUT2D eigenvalue weighted by Crippen LogP contribution is 2.41. The molecule has 0 saturated carbocycles. The number of nitrogens with one attached hydrogen (secondary N) is 1. The Morgan fingerprint density at radius 3 is 2.46 bits per heavy atom. The van der Waals surface area contributed by atoms with E-state index in [0.29, 0.717) is 58.5 Å². The van der Waals surface area contributed by atoms with E-state index in [-0.39, 0.29) is 0 Å². The molecule has 0 amide bonds. The van der Waals surface area contributed by atoms with Crippen molar-refractivity contribution in [1.29, 1.82) is 0 Å². The maximum Gasteiger partial charge on any atom is 0.227 e. The Morgan fingerprint density at radius 2 is 1.85 bits per heavy atom. The van der Waals surface area contributed by atoms with Gasteiger partial charge in [-0.25, -0.2) is 4.98 Å². The molecule has 0 bridgehead atoms. The summed E-state index contributed by atoms with van der Waals surface area (Å²) in [6, 6.07) is 3.49. The van der Waals surface area contributed by atoms with Crippen LogP contribution in [0.1, 0.15) is 18.4 Å². The molecule has 0 spiro atoms. The maximum atomic E-state index is 6.52. The van der Waals surface area contributed by atoms with Gasteiger partial charge in [0.25, 0.3) is 0 Å². The minimum absolute atomic E-state index is 0.478. The lowest BCUT2D eigenvalue weighted by Crippen LogP contribution is -2.17. The summed E-state index contributed by atoms with van der Waals surface area (Å²) in [6.07, 6.45) is 0. The van der Waals surface area contributed by atoms with Crippen molar-refractivity contribution in [2.75, 3.05) is 25.0 Å². The van der Waals surface area contributed by atoms with Crippen molar-refractivity contribution >= 4 is 34.8 Å². The number of aryl methyl sites for hydroxylation is 2. The van der Waals surface area contributed by atoms with Crippen molar-refractivity contribution in [3.05, 3.63) is 33.7 Å². The summed E-state index contributed by atoms with van der Waals surface area (Å²) >= 11 is 13.0. The molecule has 0 aliphatic heterocycles. The number of nitrogens with zero attached hydrogens (tertiary/aromatic N) is 4. The molecule has 0 saturated heterocycles. The van der Waals surface area contributed by atoms with Crippen LogP contribution >= 0.6 is 23.2 Å². The zero-order valence-corrected chi connectivity index (χ0v) is 16.3. The average molecular weight is 395 g/mol. The van der Waals surface area contributed by atoms with Crippen molar-refractivity contribution in [2.45, 2.75) is 20.8 Å². The topological polar surface area (TPSA) is 90.4 Å². The quantitative estimate of drug-likeness (QED) is 0.664. The summed E-state index contributed by atoms with van der Waals surface area (Å²) in [5.74, 6) is 1.80. The van der Waals surface area contributed by atoms with Crippen LogP contribution in [0.5, 0.6) is 5.75 Å². The molecule has 138 valence electrons. The van der Waals surface area contributed by atoms with Crippen molar-refractivity contribution in [2.24, 2.45) is 5.73 Å². The molecule has 2 aromatic heterocycles. The van der Waals surface area contributed by atoms with Crippen molar-refractivity contribution < 1.29 is 4.74 Å². The summed E-state index contributed by atoms with van der Waals surface area (Å²) in [4.78, 5) is 8.96. The number of benzene rings is 1. The van der Waals surface area contributed by atoms with E-state index in [9.17, 15) is 0 Å². The Labute approximate surface area is 161 Å². The number of nitrogens with two attached hydrogens (primary N) is 1. The van der Waals surface area contributed by atoms with Gasteiger partial charge in [-0.05, 0) is 32.9 Å². The van der Waals surface area contributed by atoms with Crippen LogP contribution in [0.3, 0.4) is 0 Å². The van der Waals surface area contributed by atoms with Gasteiger partial charge in [0.15, 0.2) is 5.65 Å². The third kappa shape index (κ3) is 3.42. The van der Waals surface area contributed by atoms with E-state index in [2.05, 4.69) is 20.4 Å². The first-order chi connectivity index (χ1) is 12.5. The van der Waals surface area contributed by atoms with E-state index in [1.54, 1.807) is 16.6 Å². The summed E-state index contributed by atoms with van der Waals surface area (Å²) < 4.78 is 7.15. The van der Waals surface area contributed by atoms with E-state index in [4.69, 9.17) is 33.7 Å². The van der Waals surface area contributed by atoms with Crippen LogP contribution in [0.15, 0.2) is 12.1 Å². The van der Waals surface area contributed by atoms with Gasteiger partial charge in [0.05, 0.1) is 27.9 Å². The van der Waals surface area contributed by atoms with Crippen LogP contribution in [-0.2, 0) is 0 Å². The standard InChI is InChI=1S/C17H20Cl2N6O/c1-4-26-11-7-12(18)15(13(19)8-11)14-9(2)24-25-16(14)22-10(3)23-17(25)21-6-5-20/h7-8H,4-6,20H2,1-3H3,(H,21,22,23). The lowest BCUT2D eigenvalue weighted by molar-refractivity contribution is 0.340. The summed E-state index contributed by atoms with van der Waals surface area (Å²) in [5.41, 5.74) is 8.39. The molecule has 0 fully saturated rings. The average Bonchev–Trinajstić information content (AvgIpc) is 2.89. The van der Waals surface area contributed by atoms with Crippen molar-refractivity contribution in [3.8, 4) is 16.9 Å². The number of hydrogen-bond acceptors (Lipinski definition) is 6. The molecule has 3 N–H and O–H groups in total. The fraction of sp³-hybridized carbons (Fsp3) is 0.353. The second-order valence-electron chi connectivity index (χ2n) is 5.70. The molecule has 0 radical (unpaired) electrons. The van der Waals surface area contributed by atoms with Gasteiger partial charge in [0.1, 0.15) is 11.6 Å². The first-order valence-electron chi connectivity index (χ1n) is 8.26. The Bertz CT molecular complexity index is 933. The van der Waals surface area contributed by atoms with E-state index in [1.165, 1.54) is 0 Å². The third-order valence-corrected chi connectivity index (χ3v) is 4.37. The number of rotatable bonds is 6. The molecular formula is C17H20Cl2N6O. The van der Waals surface area contributed by atoms with Gasteiger partial charge in [-0.3, -0.25) is 0 Å².